The highest BCUT2D eigenvalue weighted by atomic mass is 32.2. The van der Waals surface area contributed by atoms with Gasteiger partial charge in [0.05, 0.1) is 14.2 Å². The average Bonchev–Trinajstić information content (AvgIpc) is 3.22. The topological polar surface area (TPSA) is 49.2 Å². The van der Waals surface area contributed by atoms with E-state index in [2.05, 4.69) is 46.0 Å². The largest absolute Gasteiger partial charge is 0.497 e. The Labute approximate surface area is 180 Å². The van der Waals surface area contributed by atoms with Crippen LogP contribution in [0.1, 0.15) is 11.1 Å². The van der Waals surface area contributed by atoms with E-state index in [0.717, 1.165) is 39.5 Å². The lowest BCUT2D eigenvalue weighted by Gasteiger charge is -2.12. The normalized spacial score (nSPS) is 10.8. The summed E-state index contributed by atoms with van der Waals surface area (Å²) in [6, 6.07) is 24.3. The van der Waals surface area contributed by atoms with Crippen molar-refractivity contribution in [2.45, 2.75) is 17.8 Å². The van der Waals surface area contributed by atoms with Gasteiger partial charge in [0.2, 0.25) is 0 Å². The Kier molecular flexibility index (Phi) is 6.05. The number of hydrogen-bond donors (Lipinski definition) is 0. The van der Waals surface area contributed by atoms with E-state index in [4.69, 9.17) is 9.47 Å². The van der Waals surface area contributed by atoms with Gasteiger partial charge in [0, 0.05) is 17.0 Å². The first kappa shape index (κ1) is 20.0. The number of aromatic nitrogens is 3. The van der Waals surface area contributed by atoms with E-state index in [1.54, 1.807) is 26.0 Å². The summed E-state index contributed by atoms with van der Waals surface area (Å²) in [5.74, 6) is 3.17. The highest BCUT2D eigenvalue weighted by Gasteiger charge is 2.17. The number of aryl methyl sites for hydroxylation is 1. The van der Waals surface area contributed by atoms with E-state index >= 15 is 0 Å². The van der Waals surface area contributed by atoms with Gasteiger partial charge < -0.3 is 9.47 Å². The summed E-state index contributed by atoms with van der Waals surface area (Å²) >= 11 is 1.67. The van der Waals surface area contributed by atoms with Crippen molar-refractivity contribution in [2.24, 2.45) is 0 Å². The molecule has 6 heteroatoms. The first-order valence-corrected chi connectivity index (χ1v) is 10.6. The average molecular weight is 418 g/mol. The van der Waals surface area contributed by atoms with Crippen LogP contribution in [0.15, 0.2) is 78.0 Å². The predicted molar refractivity (Wildman–Crippen MR) is 121 cm³/mol. The van der Waals surface area contributed by atoms with Crippen molar-refractivity contribution in [3.8, 4) is 28.6 Å². The Morgan fingerprint density at radius 3 is 2.33 bits per heavy atom. The first-order valence-electron chi connectivity index (χ1n) is 9.60. The van der Waals surface area contributed by atoms with Gasteiger partial charge in [-0.05, 0) is 48.9 Å². The molecule has 0 aliphatic rings. The highest BCUT2D eigenvalue weighted by molar-refractivity contribution is 7.98. The summed E-state index contributed by atoms with van der Waals surface area (Å²) in [5.41, 5.74) is 4.43. The second kappa shape index (κ2) is 9.05. The zero-order valence-corrected chi connectivity index (χ0v) is 18.0. The molecule has 0 N–H and O–H groups in total. The van der Waals surface area contributed by atoms with Gasteiger partial charge in [-0.25, -0.2) is 0 Å². The van der Waals surface area contributed by atoms with Gasteiger partial charge in [0.15, 0.2) is 11.0 Å². The Bertz CT molecular complexity index is 1140. The molecule has 0 radical (unpaired) electrons. The number of ether oxygens (including phenoxy) is 2. The fraction of sp³-hybridized carbons (Fsp3) is 0.167. The number of methoxy groups -OCH3 is 2. The molecule has 0 saturated heterocycles. The van der Waals surface area contributed by atoms with Crippen molar-refractivity contribution in [1.29, 1.82) is 0 Å². The third-order valence-electron chi connectivity index (χ3n) is 4.74. The predicted octanol–water partition coefficient (Wildman–Crippen LogP) is 5.55. The summed E-state index contributed by atoms with van der Waals surface area (Å²) in [6.07, 6.45) is 0. The minimum atomic E-state index is 0.769. The van der Waals surface area contributed by atoms with E-state index in [-0.39, 0.29) is 0 Å². The van der Waals surface area contributed by atoms with Gasteiger partial charge in [-0.15, -0.1) is 10.2 Å². The summed E-state index contributed by atoms with van der Waals surface area (Å²) in [5, 5.41) is 9.86. The molecule has 0 amide bonds. The Morgan fingerprint density at radius 1 is 0.833 bits per heavy atom. The fourth-order valence-corrected chi connectivity index (χ4v) is 4.12. The van der Waals surface area contributed by atoms with Crippen LogP contribution in [-0.4, -0.2) is 29.0 Å². The second-order valence-corrected chi connectivity index (χ2v) is 7.79. The minimum Gasteiger partial charge on any atom is -0.497 e. The van der Waals surface area contributed by atoms with Gasteiger partial charge >= 0.3 is 0 Å². The van der Waals surface area contributed by atoms with Gasteiger partial charge in [-0.3, -0.25) is 4.57 Å². The van der Waals surface area contributed by atoms with E-state index in [9.17, 15) is 0 Å². The van der Waals surface area contributed by atoms with Crippen LogP contribution < -0.4 is 9.47 Å². The quantitative estimate of drug-likeness (QED) is 0.369. The zero-order valence-electron chi connectivity index (χ0n) is 17.2. The van der Waals surface area contributed by atoms with Crippen molar-refractivity contribution in [3.05, 3.63) is 83.9 Å². The molecule has 1 aromatic heterocycles. The molecule has 0 unspecified atom stereocenters. The van der Waals surface area contributed by atoms with E-state index in [1.165, 1.54) is 11.1 Å². The monoisotopic (exact) mass is 417 g/mol. The van der Waals surface area contributed by atoms with Crippen LogP contribution in [0, 0.1) is 6.92 Å². The molecular formula is C24H23N3O2S. The molecule has 3 aromatic carbocycles. The zero-order chi connectivity index (χ0) is 20.9. The summed E-state index contributed by atoms with van der Waals surface area (Å²) in [7, 11) is 3.33. The Hall–Kier alpha value is -3.25. The van der Waals surface area contributed by atoms with Gasteiger partial charge in [-0.1, -0.05) is 53.7 Å². The number of benzene rings is 3. The molecule has 0 aliphatic heterocycles. The molecule has 1 heterocycles. The molecule has 0 aliphatic carbocycles. The lowest BCUT2D eigenvalue weighted by molar-refractivity contribution is 0.414. The van der Waals surface area contributed by atoms with Gasteiger partial charge in [-0.2, -0.15) is 0 Å². The smallest absolute Gasteiger partial charge is 0.196 e. The SMILES string of the molecule is COc1ccc(-n2c(SCc3cccc(C)c3)nnc2-c2cccc(OC)c2)cc1. The third kappa shape index (κ3) is 4.33. The van der Waals surface area contributed by atoms with Crippen molar-refractivity contribution < 1.29 is 9.47 Å². The van der Waals surface area contributed by atoms with Crippen LogP contribution in [0.5, 0.6) is 11.5 Å². The number of hydrogen-bond acceptors (Lipinski definition) is 5. The first-order chi connectivity index (χ1) is 14.7. The molecular weight excluding hydrogens is 394 g/mol. The van der Waals surface area contributed by atoms with Gasteiger partial charge in [0.25, 0.3) is 0 Å². The highest BCUT2D eigenvalue weighted by Crippen LogP contribution is 2.31. The summed E-state index contributed by atoms with van der Waals surface area (Å²) in [4.78, 5) is 0. The number of thioether (sulfide) groups is 1. The maximum absolute atomic E-state index is 5.40. The van der Waals surface area contributed by atoms with Crippen molar-refractivity contribution >= 4 is 11.8 Å². The van der Waals surface area contributed by atoms with Crippen molar-refractivity contribution in [1.82, 2.24) is 14.8 Å². The van der Waals surface area contributed by atoms with E-state index in [0.29, 0.717) is 0 Å². The molecule has 0 saturated carbocycles. The summed E-state index contributed by atoms with van der Waals surface area (Å²) < 4.78 is 12.8. The molecule has 5 nitrogen and oxygen atoms in total. The minimum absolute atomic E-state index is 0.769. The second-order valence-electron chi connectivity index (χ2n) is 6.85. The standard InChI is InChI=1S/C24H23N3O2S/c1-17-6-4-7-18(14-17)16-30-24-26-25-23(19-8-5-9-22(15-19)29-3)27(24)20-10-12-21(28-2)13-11-20/h4-15H,16H2,1-3H3. The van der Waals surface area contributed by atoms with Crippen LogP contribution in [0.2, 0.25) is 0 Å². The molecule has 0 atom stereocenters. The molecule has 4 rings (SSSR count). The van der Waals surface area contributed by atoms with Crippen molar-refractivity contribution in [3.63, 3.8) is 0 Å². The maximum atomic E-state index is 5.40. The summed E-state index contributed by atoms with van der Waals surface area (Å²) in [6.45, 7) is 2.11. The molecule has 30 heavy (non-hydrogen) atoms. The van der Waals surface area contributed by atoms with Crippen molar-refractivity contribution in [2.75, 3.05) is 14.2 Å². The van der Waals surface area contributed by atoms with Crippen LogP contribution in [0.25, 0.3) is 17.1 Å². The maximum Gasteiger partial charge on any atom is 0.196 e. The van der Waals surface area contributed by atoms with Crippen LogP contribution in [0.4, 0.5) is 0 Å². The Morgan fingerprint density at radius 2 is 1.60 bits per heavy atom. The molecule has 4 aromatic rings. The third-order valence-corrected chi connectivity index (χ3v) is 5.74. The number of rotatable bonds is 7. The number of nitrogens with zero attached hydrogens (tertiary/aromatic N) is 3. The molecule has 0 fully saturated rings. The Balaban J connectivity index is 1.74. The van der Waals surface area contributed by atoms with Crippen LogP contribution in [-0.2, 0) is 5.75 Å². The molecule has 0 bridgehead atoms. The van der Waals surface area contributed by atoms with E-state index < -0.39 is 0 Å². The lowest BCUT2D eigenvalue weighted by atomic mass is 10.2. The van der Waals surface area contributed by atoms with E-state index in [1.807, 2.05) is 48.5 Å². The van der Waals surface area contributed by atoms with Gasteiger partial charge in [0.1, 0.15) is 11.5 Å². The lowest BCUT2D eigenvalue weighted by Crippen LogP contribution is -2.00. The fourth-order valence-electron chi connectivity index (χ4n) is 3.23. The molecule has 152 valence electrons. The van der Waals surface area contributed by atoms with Crippen LogP contribution in [0.3, 0.4) is 0 Å². The molecule has 0 spiro atoms. The van der Waals surface area contributed by atoms with Crippen LogP contribution >= 0.6 is 11.8 Å².